The van der Waals surface area contributed by atoms with E-state index in [2.05, 4.69) is 20.7 Å². The zero-order valence-electron chi connectivity index (χ0n) is 11.3. The van der Waals surface area contributed by atoms with Crippen molar-refractivity contribution in [3.05, 3.63) is 41.3 Å². The van der Waals surface area contributed by atoms with Gasteiger partial charge in [-0.15, -0.1) is 0 Å². The van der Waals surface area contributed by atoms with Crippen LogP contribution < -0.4 is 10.6 Å². The van der Waals surface area contributed by atoms with Gasteiger partial charge in [-0.1, -0.05) is 0 Å². The van der Waals surface area contributed by atoms with Crippen molar-refractivity contribution < 1.29 is 4.79 Å². The Morgan fingerprint density at radius 1 is 1.37 bits per heavy atom. The first-order valence-corrected chi connectivity index (χ1v) is 6.00. The van der Waals surface area contributed by atoms with Crippen molar-refractivity contribution in [3.63, 3.8) is 0 Å². The summed E-state index contributed by atoms with van der Waals surface area (Å²) in [5.74, 6) is 0.557. The number of carbonyl (C=O) groups excluding carboxylic acids is 1. The zero-order valence-corrected chi connectivity index (χ0v) is 11.3. The van der Waals surface area contributed by atoms with E-state index in [1.54, 1.807) is 10.9 Å². The van der Waals surface area contributed by atoms with Crippen LogP contribution in [-0.2, 0) is 13.6 Å². The minimum absolute atomic E-state index is 0.277. The van der Waals surface area contributed by atoms with E-state index in [-0.39, 0.29) is 6.03 Å². The molecule has 2 aromatic heterocycles. The Morgan fingerprint density at radius 3 is 2.79 bits per heavy atom. The van der Waals surface area contributed by atoms with Crippen LogP contribution in [0.5, 0.6) is 0 Å². The fourth-order valence-corrected chi connectivity index (χ4v) is 1.81. The highest BCUT2D eigenvalue weighted by atomic mass is 16.2. The number of carbonyl (C=O) groups is 1. The molecule has 0 saturated heterocycles. The molecular weight excluding hydrogens is 242 g/mol. The largest absolute Gasteiger partial charge is 0.334 e. The summed E-state index contributed by atoms with van der Waals surface area (Å²) in [6.07, 6.45) is 3.57. The fraction of sp³-hybridized carbons (Fsp3) is 0.308. The van der Waals surface area contributed by atoms with Crippen LogP contribution in [0.3, 0.4) is 0 Å². The number of aryl methyl sites for hydroxylation is 3. The van der Waals surface area contributed by atoms with E-state index >= 15 is 0 Å². The normalized spacial score (nSPS) is 10.3. The molecule has 0 aliphatic rings. The standard InChI is InChI=1S/C13H17N5O/c1-9-4-10(2)16-12(5-9)17-13(19)14-6-11-7-15-18(3)8-11/h4-5,7-8H,6H2,1-3H3,(H2,14,16,17,19). The van der Waals surface area contributed by atoms with Gasteiger partial charge in [0.1, 0.15) is 5.82 Å². The van der Waals surface area contributed by atoms with Gasteiger partial charge in [0.25, 0.3) is 0 Å². The fourth-order valence-electron chi connectivity index (χ4n) is 1.81. The molecule has 0 aliphatic carbocycles. The van der Waals surface area contributed by atoms with Gasteiger partial charge >= 0.3 is 6.03 Å². The van der Waals surface area contributed by atoms with E-state index in [0.717, 1.165) is 16.8 Å². The van der Waals surface area contributed by atoms with E-state index in [9.17, 15) is 4.79 Å². The molecule has 2 aromatic rings. The summed E-state index contributed by atoms with van der Waals surface area (Å²) in [5, 5.41) is 9.50. The second-order valence-electron chi connectivity index (χ2n) is 4.50. The number of hydrogen-bond donors (Lipinski definition) is 2. The molecule has 2 N–H and O–H groups in total. The van der Waals surface area contributed by atoms with E-state index < -0.39 is 0 Å². The van der Waals surface area contributed by atoms with Crippen LogP contribution >= 0.6 is 0 Å². The van der Waals surface area contributed by atoms with Gasteiger partial charge in [0.2, 0.25) is 0 Å². The number of urea groups is 1. The SMILES string of the molecule is Cc1cc(C)nc(NC(=O)NCc2cnn(C)c2)c1. The van der Waals surface area contributed by atoms with Crippen LogP contribution in [0.2, 0.25) is 0 Å². The summed E-state index contributed by atoms with van der Waals surface area (Å²) in [6.45, 7) is 4.30. The number of amides is 2. The van der Waals surface area contributed by atoms with Crippen molar-refractivity contribution in [2.75, 3.05) is 5.32 Å². The molecule has 2 amide bonds. The van der Waals surface area contributed by atoms with Gasteiger partial charge in [0.05, 0.1) is 6.20 Å². The smallest absolute Gasteiger partial charge is 0.320 e. The molecule has 19 heavy (non-hydrogen) atoms. The molecule has 0 unspecified atom stereocenters. The summed E-state index contributed by atoms with van der Waals surface area (Å²) in [4.78, 5) is 16.0. The van der Waals surface area contributed by atoms with Crippen molar-refractivity contribution >= 4 is 11.8 Å². The first-order valence-electron chi connectivity index (χ1n) is 6.00. The van der Waals surface area contributed by atoms with Crippen LogP contribution in [0.25, 0.3) is 0 Å². The monoisotopic (exact) mass is 259 g/mol. The number of pyridine rings is 1. The molecule has 0 saturated carbocycles. The second kappa shape index (κ2) is 5.51. The van der Waals surface area contributed by atoms with Gasteiger partial charge in [-0.25, -0.2) is 9.78 Å². The number of anilines is 1. The van der Waals surface area contributed by atoms with Gasteiger partial charge in [0, 0.05) is 31.0 Å². The highest BCUT2D eigenvalue weighted by Gasteiger charge is 2.04. The van der Waals surface area contributed by atoms with Crippen molar-refractivity contribution in [1.29, 1.82) is 0 Å². The van der Waals surface area contributed by atoms with Crippen molar-refractivity contribution in [2.45, 2.75) is 20.4 Å². The molecular formula is C13H17N5O. The molecule has 0 aliphatic heterocycles. The molecule has 0 radical (unpaired) electrons. The molecule has 2 heterocycles. The number of nitrogens with zero attached hydrogens (tertiary/aromatic N) is 3. The highest BCUT2D eigenvalue weighted by Crippen LogP contribution is 2.08. The third-order valence-electron chi connectivity index (χ3n) is 2.55. The summed E-state index contributed by atoms with van der Waals surface area (Å²) in [5.41, 5.74) is 2.89. The van der Waals surface area contributed by atoms with E-state index in [1.165, 1.54) is 0 Å². The number of hydrogen-bond acceptors (Lipinski definition) is 3. The summed E-state index contributed by atoms with van der Waals surface area (Å²) in [7, 11) is 1.84. The average Bonchev–Trinajstić information content (AvgIpc) is 2.71. The Bertz CT molecular complexity index is 570. The van der Waals surface area contributed by atoms with Gasteiger partial charge < -0.3 is 5.32 Å². The molecule has 0 bridgehead atoms. The van der Waals surface area contributed by atoms with Crippen LogP contribution in [0, 0.1) is 13.8 Å². The molecule has 6 nitrogen and oxygen atoms in total. The Hall–Kier alpha value is -2.37. The Kier molecular flexibility index (Phi) is 3.79. The second-order valence-corrected chi connectivity index (χ2v) is 4.50. The third-order valence-corrected chi connectivity index (χ3v) is 2.55. The van der Waals surface area contributed by atoms with Crippen LogP contribution in [-0.4, -0.2) is 20.8 Å². The summed E-state index contributed by atoms with van der Waals surface area (Å²) < 4.78 is 1.69. The molecule has 0 atom stereocenters. The average molecular weight is 259 g/mol. The molecule has 0 spiro atoms. The number of nitrogens with one attached hydrogen (secondary N) is 2. The van der Waals surface area contributed by atoms with Crippen molar-refractivity contribution in [2.24, 2.45) is 7.05 Å². The van der Waals surface area contributed by atoms with Gasteiger partial charge in [-0.3, -0.25) is 10.00 Å². The Balaban J connectivity index is 1.90. The van der Waals surface area contributed by atoms with Crippen molar-refractivity contribution in [3.8, 4) is 0 Å². The summed E-state index contributed by atoms with van der Waals surface area (Å²) >= 11 is 0. The molecule has 2 rings (SSSR count). The van der Waals surface area contributed by atoms with Gasteiger partial charge in [-0.05, 0) is 31.5 Å². The molecule has 100 valence electrons. The maximum atomic E-state index is 11.7. The quantitative estimate of drug-likeness (QED) is 0.882. The zero-order chi connectivity index (χ0) is 13.8. The molecule has 0 aromatic carbocycles. The predicted molar refractivity (Wildman–Crippen MR) is 72.8 cm³/mol. The lowest BCUT2D eigenvalue weighted by Crippen LogP contribution is -2.28. The maximum Gasteiger partial charge on any atom is 0.320 e. The Morgan fingerprint density at radius 2 is 2.16 bits per heavy atom. The maximum absolute atomic E-state index is 11.7. The summed E-state index contributed by atoms with van der Waals surface area (Å²) in [6, 6.07) is 3.51. The Labute approximate surface area is 111 Å². The van der Waals surface area contributed by atoms with E-state index in [1.807, 2.05) is 39.2 Å². The van der Waals surface area contributed by atoms with Crippen molar-refractivity contribution in [1.82, 2.24) is 20.1 Å². The first-order chi connectivity index (χ1) is 9.02. The van der Waals surface area contributed by atoms with Crippen LogP contribution in [0.15, 0.2) is 24.5 Å². The third kappa shape index (κ3) is 3.80. The van der Waals surface area contributed by atoms with Crippen LogP contribution in [0.4, 0.5) is 10.6 Å². The minimum Gasteiger partial charge on any atom is -0.334 e. The van der Waals surface area contributed by atoms with E-state index in [0.29, 0.717) is 12.4 Å². The van der Waals surface area contributed by atoms with Gasteiger partial charge in [0.15, 0.2) is 0 Å². The lowest BCUT2D eigenvalue weighted by molar-refractivity contribution is 0.251. The van der Waals surface area contributed by atoms with E-state index in [4.69, 9.17) is 0 Å². The minimum atomic E-state index is -0.277. The number of aromatic nitrogens is 3. The predicted octanol–water partition coefficient (Wildman–Crippen LogP) is 1.75. The first kappa shape index (κ1) is 13.1. The number of rotatable bonds is 3. The lowest BCUT2D eigenvalue weighted by atomic mass is 10.2. The van der Waals surface area contributed by atoms with Gasteiger partial charge in [-0.2, -0.15) is 5.10 Å². The highest BCUT2D eigenvalue weighted by molar-refractivity contribution is 5.88. The molecule has 6 heteroatoms. The topological polar surface area (TPSA) is 71.8 Å². The lowest BCUT2D eigenvalue weighted by Gasteiger charge is -2.07. The molecule has 0 fully saturated rings. The van der Waals surface area contributed by atoms with Crippen LogP contribution in [0.1, 0.15) is 16.8 Å².